The molecule has 4 aromatic rings. The minimum Gasteiger partial charge on any atom is -0.465 e. The summed E-state index contributed by atoms with van der Waals surface area (Å²) in [6, 6.07) is 19.9. The first kappa shape index (κ1) is 27.8. The first-order valence-electron chi connectivity index (χ1n) is 14.1. The third-order valence-electron chi connectivity index (χ3n) is 7.82. The molecule has 1 amide bonds. The fraction of sp³-hybridized carbons (Fsp3) is 0.406. The number of likely N-dealkylation sites (tertiary alicyclic amines) is 1. The van der Waals surface area contributed by atoms with Crippen molar-refractivity contribution in [1.29, 1.82) is 0 Å². The first-order valence-corrected chi connectivity index (χ1v) is 14.1. The molecule has 2 heterocycles. The molecule has 1 saturated heterocycles. The highest BCUT2D eigenvalue weighted by atomic mass is 16.5. The van der Waals surface area contributed by atoms with Crippen molar-refractivity contribution < 1.29 is 19.1 Å². The number of carbonyl (C=O) groups is 2. The summed E-state index contributed by atoms with van der Waals surface area (Å²) >= 11 is 0. The summed E-state index contributed by atoms with van der Waals surface area (Å²) in [7, 11) is 3.07. The van der Waals surface area contributed by atoms with Gasteiger partial charge in [-0.25, -0.2) is 9.78 Å². The number of nitrogens with zero attached hydrogens (tertiary/aromatic N) is 3. The molecule has 2 atom stereocenters. The highest BCUT2D eigenvalue weighted by molar-refractivity contribution is 6.02. The maximum Gasteiger partial charge on any atom is 0.340 e. The molecule has 0 aliphatic carbocycles. The molecule has 8 heteroatoms. The minimum absolute atomic E-state index is 0.0647. The highest BCUT2D eigenvalue weighted by Gasteiger charge is 2.30. The molecule has 8 nitrogen and oxygen atoms in total. The lowest BCUT2D eigenvalue weighted by Crippen LogP contribution is -2.42. The lowest BCUT2D eigenvalue weighted by atomic mass is 9.95. The van der Waals surface area contributed by atoms with Crippen molar-refractivity contribution in [1.82, 2.24) is 14.5 Å². The van der Waals surface area contributed by atoms with E-state index in [9.17, 15) is 9.59 Å². The molecule has 1 fully saturated rings. The predicted octanol–water partition coefficient (Wildman–Crippen LogP) is 4.68. The number of rotatable bonds is 10. The van der Waals surface area contributed by atoms with Gasteiger partial charge in [0.1, 0.15) is 5.82 Å². The largest absolute Gasteiger partial charge is 0.465 e. The average molecular weight is 543 g/mol. The molecule has 1 aliphatic rings. The molecule has 0 saturated carbocycles. The van der Waals surface area contributed by atoms with E-state index in [0.29, 0.717) is 38.1 Å². The van der Waals surface area contributed by atoms with Gasteiger partial charge in [0.15, 0.2) is 0 Å². The molecular formula is C32H38N4O4. The van der Waals surface area contributed by atoms with Gasteiger partial charge in [0.05, 0.1) is 23.7 Å². The van der Waals surface area contributed by atoms with Crippen molar-refractivity contribution in [2.45, 2.75) is 50.6 Å². The molecule has 0 bridgehead atoms. The van der Waals surface area contributed by atoms with E-state index < -0.39 is 0 Å². The SMILES string of the molecule is COCCCn1c(C2CCCN(C(=O)C[C@H](N)Cc3ccc4ccccc4c3)C2)nc2cccc(C(=O)OC)c21. The van der Waals surface area contributed by atoms with Crippen LogP contribution in [0.3, 0.4) is 0 Å². The monoisotopic (exact) mass is 542 g/mol. The third kappa shape index (κ3) is 6.03. The number of esters is 1. The van der Waals surface area contributed by atoms with Gasteiger partial charge in [-0.3, -0.25) is 4.79 Å². The maximum atomic E-state index is 13.4. The summed E-state index contributed by atoms with van der Waals surface area (Å²) in [6.45, 7) is 2.57. The smallest absolute Gasteiger partial charge is 0.340 e. The summed E-state index contributed by atoms with van der Waals surface area (Å²) in [5, 5.41) is 2.38. The summed E-state index contributed by atoms with van der Waals surface area (Å²) in [5.41, 5.74) is 9.66. The Morgan fingerprint density at radius 1 is 1.07 bits per heavy atom. The predicted molar refractivity (Wildman–Crippen MR) is 156 cm³/mol. The van der Waals surface area contributed by atoms with E-state index in [1.54, 1.807) is 13.2 Å². The van der Waals surface area contributed by atoms with E-state index in [1.807, 2.05) is 29.2 Å². The van der Waals surface area contributed by atoms with Gasteiger partial charge in [-0.1, -0.05) is 48.5 Å². The van der Waals surface area contributed by atoms with Gasteiger partial charge in [0.2, 0.25) is 5.91 Å². The van der Waals surface area contributed by atoms with Crippen LogP contribution in [0.2, 0.25) is 0 Å². The Hall–Kier alpha value is -3.75. The van der Waals surface area contributed by atoms with Crippen LogP contribution in [-0.2, 0) is 27.2 Å². The van der Waals surface area contributed by atoms with E-state index in [0.717, 1.165) is 48.2 Å². The Labute approximate surface area is 235 Å². The number of carbonyl (C=O) groups excluding carboxylic acids is 2. The molecule has 1 unspecified atom stereocenters. The lowest BCUT2D eigenvalue weighted by Gasteiger charge is -2.33. The first-order chi connectivity index (χ1) is 19.5. The van der Waals surface area contributed by atoms with E-state index in [1.165, 1.54) is 17.9 Å². The van der Waals surface area contributed by atoms with E-state index in [4.69, 9.17) is 20.2 Å². The number of methoxy groups -OCH3 is 2. The second kappa shape index (κ2) is 12.6. The summed E-state index contributed by atoms with van der Waals surface area (Å²) < 4.78 is 12.5. The van der Waals surface area contributed by atoms with Crippen LogP contribution in [0.1, 0.15) is 53.3 Å². The number of imidazole rings is 1. The van der Waals surface area contributed by atoms with Crippen molar-refractivity contribution >= 4 is 33.7 Å². The quantitative estimate of drug-likeness (QED) is 0.231. The van der Waals surface area contributed by atoms with Crippen LogP contribution in [0.25, 0.3) is 21.8 Å². The molecular weight excluding hydrogens is 504 g/mol. The Bertz CT molecular complexity index is 1500. The fourth-order valence-electron chi connectivity index (χ4n) is 5.89. The molecule has 0 radical (unpaired) electrons. The zero-order valence-corrected chi connectivity index (χ0v) is 23.3. The van der Waals surface area contributed by atoms with Gasteiger partial charge in [-0.05, 0) is 54.2 Å². The molecule has 2 N–H and O–H groups in total. The summed E-state index contributed by atoms with van der Waals surface area (Å²) in [5.74, 6) is 0.663. The summed E-state index contributed by atoms with van der Waals surface area (Å²) in [4.78, 5) is 32.9. The molecule has 1 aliphatic heterocycles. The Balaban J connectivity index is 1.32. The fourth-order valence-corrected chi connectivity index (χ4v) is 5.89. The van der Waals surface area contributed by atoms with Crippen LogP contribution < -0.4 is 5.73 Å². The standard InChI is InChI=1S/C32H38N4O4/c1-39-17-7-16-36-30-27(32(38)40-2)11-5-12-28(30)34-31(36)25-10-6-15-35(21-25)29(37)20-26(33)19-22-13-14-23-8-3-4-9-24(23)18-22/h3-5,8-9,11-14,18,25-26H,6-7,10,15-17,19-21,33H2,1-2H3/t25?,26-/m1/s1. The number of piperidine rings is 1. The van der Waals surface area contributed by atoms with Crippen molar-refractivity contribution in [2.75, 3.05) is 33.9 Å². The van der Waals surface area contributed by atoms with Gasteiger partial charge in [0, 0.05) is 51.7 Å². The van der Waals surface area contributed by atoms with Crippen molar-refractivity contribution in [3.8, 4) is 0 Å². The Kier molecular flexibility index (Phi) is 8.77. The number of aromatic nitrogens is 2. The Morgan fingerprint density at radius 3 is 2.70 bits per heavy atom. The Morgan fingerprint density at radius 2 is 1.90 bits per heavy atom. The number of hydrogen-bond donors (Lipinski definition) is 1. The molecule has 0 spiro atoms. The van der Waals surface area contributed by atoms with E-state index >= 15 is 0 Å². The second-order valence-electron chi connectivity index (χ2n) is 10.7. The molecule has 40 heavy (non-hydrogen) atoms. The van der Waals surface area contributed by atoms with E-state index in [2.05, 4.69) is 34.9 Å². The van der Waals surface area contributed by atoms with Gasteiger partial charge in [-0.2, -0.15) is 0 Å². The molecule has 5 rings (SSSR count). The average Bonchev–Trinajstić information content (AvgIpc) is 3.35. The van der Waals surface area contributed by atoms with Crippen molar-refractivity contribution in [3.63, 3.8) is 0 Å². The number of aryl methyl sites for hydroxylation is 1. The number of amides is 1. The van der Waals surface area contributed by atoms with Gasteiger partial charge in [-0.15, -0.1) is 0 Å². The lowest BCUT2D eigenvalue weighted by molar-refractivity contribution is -0.132. The van der Waals surface area contributed by atoms with Crippen molar-refractivity contribution in [3.05, 3.63) is 77.6 Å². The number of para-hydroxylation sites is 1. The van der Waals surface area contributed by atoms with Crippen molar-refractivity contribution in [2.24, 2.45) is 5.73 Å². The van der Waals surface area contributed by atoms with Crippen LogP contribution in [0.5, 0.6) is 0 Å². The molecule has 3 aromatic carbocycles. The third-order valence-corrected chi connectivity index (χ3v) is 7.82. The van der Waals surface area contributed by atoms with Gasteiger partial charge in [0.25, 0.3) is 0 Å². The van der Waals surface area contributed by atoms with Crippen LogP contribution in [0.4, 0.5) is 0 Å². The molecule has 210 valence electrons. The van der Waals surface area contributed by atoms with E-state index in [-0.39, 0.29) is 23.8 Å². The normalized spacial score (nSPS) is 16.4. The topological polar surface area (TPSA) is 99.7 Å². The van der Waals surface area contributed by atoms with Crippen LogP contribution in [0.15, 0.2) is 60.7 Å². The number of benzene rings is 3. The van der Waals surface area contributed by atoms with Gasteiger partial charge >= 0.3 is 5.97 Å². The number of nitrogens with two attached hydrogens (primary N) is 1. The minimum atomic E-state index is -0.383. The van der Waals surface area contributed by atoms with Crippen LogP contribution in [0, 0.1) is 0 Å². The molecule has 1 aromatic heterocycles. The van der Waals surface area contributed by atoms with Crippen LogP contribution >= 0.6 is 0 Å². The van der Waals surface area contributed by atoms with Gasteiger partial charge < -0.3 is 24.7 Å². The second-order valence-corrected chi connectivity index (χ2v) is 10.7. The number of hydrogen-bond acceptors (Lipinski definition) is 6. The number of fused-ring (bicyclic) bond motifs is 2. The zero-order chi connectivity index (χ0) is 28.1. The number of ether oxygens (including phenoxy) is 2. The maximum absolute atomic E-state index is 13.4. The summed E-state index contributed by atoms with van der Waals surface area (Å²) in [6.07, 6.45) is 3.55. The van der Waals surface area contributed by atoms with Crippen LogP contribution in [-0.4, -0.2) is 66.3 Å². The zero-order valence-electron chi connectivity index (χ0n) is 23.3. The highest BCUT2D eigenvalue weighted by Crippen LogP contribution is 2.31.